The number of nitrogens with two attached hydrogens (primary N) is 1. The van der Waals surface area contributed by atoms with Crippen molar-refractivity contribution in [2.24, 2.45) is 17.1 Å². The van der Waals surface area contributed by atoms with E-state index >= 15 is 4.39 Å². The Kier molecular flexibility index (Phi) is 45.6. The van der Waals surface area contributed by atoms with Gasteiger partial charge in [-0.2, -0.15) is 0 Å². The summed E-state index contributed by atoms with van der Waals surface area (Å²) in [4.78, 5) is 196. The minimum absolute atomic E-state index is 0.00269. The number of halogens is 2. The van der Waals surface area contributed by atoms with Gasteiger partial charge in [0.2, 0.25) is 59.1 Å². The number of nitrogens with zero attached hydrogens (tertiary/aromatic N) is 3. The van der Waals surface area contributed by atoms with Crippen molar-refractivity contribution >= 4 is 134 Å². The number of sulfonamides is 1. The highest BCUT2D eigenvalue weighted by Crippen LogP contribution is 2.42. The van der Waals surface area contributed by atoms with Gasteiger partial charge in [-0.1, -0.05) is 90.1 Å². The maximum absolute atomic E-state index is 15.3. The molecule has 0 saturated carbocycles. The number of carbonyl (C=O) groups excluding carboxylic acids is 13. The van der Waals surface area contributed by atoms with Crippen molar-refractivity contribution < 1.29 is 119 Å². The molecule has 45 heteroatoms. The molecule has 41 nitrogen and oxygen atoms in total. The number of thioether (sulfide) groups is 1. The van der Waals surface area contributed by atoms with Crippen molar-refractivity contribution in [2.75, 3.05) is 125 Å². The van der Waals surface area contributed by atoms with Crippen LogP contribution in [0.15, 0.2) is 138 Å². The van der Waals surface area contributed by atoms with Crippen molar-refractivity contribution in [1.82, 2.24) is 67.5 Å². The van der Waals surface area contributed by atoms with Crippen molar-refractivity contribution in [3.63, 3.8) is 0 Å². The molecule has 1 unspecified atom stereocenters. The molecule has 1 saturated heterocycles. The number of benzene rings is 5. The number of rotatable bonds is 58. The maximum atomic E-state index is 15.3. The number of hydrogen-bond acceptors (Lipinski definition) is 22. The van der Waals surface area contributed by atoms with E-state index in [0.29, 0.717) is 42.9 Å². The Labute approximate surface area is 803 Å². The highest BCUT2D eigenvalue weighted by Gasteiger charge is 2.42. The summed E-state index contributed by atoms with van der Waals surface area (Å²) in [6.45, 7) is 12.7. The topological polar surface area (TPSA) is 584 Å². The van der Waals surface area contributed by atoms with E-state index in [0.717, 1.165) is 35.5 Å². The quantitative estimate of drug-likeness (QED) is 0.0148. The largest absolute Gasteiger partial charge is 0.481 e. The number of nitrogens with one attached hydrogen (secondary N) is 14. The summed E-state index contributed by atoms with van der Waals surface area (Å²) in [7, 11) is -4.21. The number of aliphatic carboxylic acids is 2. The molecule has 1 aliphatic rings. The van der Waals surface area contributed by atoms with Crippen molar-refractivity contribution in [1.29, 1.82) is 0 Å². The molecule has 7 rings (SSSR count). The van der Waals surface area contributed by atoms with Gasteiger partial charge in [0.15, 0.2) is 0 Å². The third-order valence-corrected chi connectivity index (χ3v) is 24.0. The van der Waals surface area contributed by atoms with E-state index in [9.17, 15) is 100 Å². The minimum Gasteiger partial charge on any atom is -0.481 e. The highest BCUT2D eigenvalue weighted by atomic mass is 32.2. The fourth-order valence-corrected chi connectivity index (χ4v) is 16.9. The van der Waals surface area contributed by atoms with Crippen LogP contribution in [0.1, 0.15) is 154 Å². The zero-order valence-corrected chi connectivity index (χ0v) is 79.8. The molecule has 16 amide bonds. The summed E-state index contributed by atoms with van der Waals surface area (Å²) in [5.41, 5.74) is 7.77. The number of likely N-dealkylation sites (tertiary alicyclic amines) is 1. The van der Waals surface area contributed by atoms with Crippen LogP contribution in [-0.4, -0.2) is 255 Å². The number of urea groups is 3. The number of hydrogen-bond donors (Lipinski definition) is 18. The van der Waals surface area contributed by atoms with Crippen LogP contribution < -0.4 is 79.6 Å². The van der Waals surface area contributed by atoms with Gasteiger partial charge < -0.3 is 119 Å². The maximum Gasteiger partial charge on any atom is 0.319 e. The number of primary amides is 1. The van der Waals surface area contributed by atoms with Gasteiger partial charge in [-0.3, -0.25) is 62.3 Å². The number of ether oxygens (including phenoxy) is 3. The van der Waals surface area contributed by atoms with E-state index in [1.54, 1.807) is 26.1 Å². The molecule has 1 fully saturated rings. The third-order valence-electron chi connectivity index (χ3n) is 21.3. The molecule has 752 valence electrons. The lowest BCUT2D eigenvalue weighted by Crippen LogP contribution is -2.57. The lowest BCUT2D eigenvalue weighted by Gasteiger charge is -2.41. The molecule has 6 atom stereocenters. The highest BCUT2D eigenvalue weighted by molar-refractivity contribution is 8.00. The Morgan fingerprint density at radius 3 is 1.88 bits per heavy atom. The molecule has 0 aliphatic carbocycles. The number of carboxylic acid groups (broad SMARTS) is 2. The number of aromatic nitrogens is 1. The molecule has 5 aromatic carbocycles. The Balaban J connectivity index is 0.707. The normalized spacial score (nSPS) is 13.7. The number of aliphatic hydroxyl groups excluding tert-OH is 1. The third kappa shape index (κ3) is 39.0. The Morgan fingerprint density at radius 1 is 0.594 bits per heavy atom. The first-order valence-corrected chi connectivity index (χ1v) is 47.5. The summed E-state index contributed by atoms with van der Waals surface area (Å²) in [6.07, 6.45) is 1.09. The summed E-state index contributed by atoms with van der Waals surface area (Å²) in [6, 6.07) is 24.0. The van der Waals surface area contributed by atoms with Crippen LogP contribution in [0, 0.1) is 23.0 Å². The van der Waals surface area contributed by atoms with E-state index in [1.807, 2.05) is 62.6 Å². The van der Waals surface area contributed by atoms with Gasteiger partial charge in [0.05, 0.1) is 88.3 Å². The molecule has 0 radical (unpaired) electrons. The van der Waals surface area contributed by atoms with E-state index < -0.39 is 184 Å². The average molecular weight is 1970 g/mol. The Bertz CT molecular complexity index is 5270. The van der Waals surface area contributed by atoms with Crippen molar-refractivity contribution in [3.8, 4) is 11.1 Å². The average Bonchev–Trinajstić information content (AvgIpc) is 1.62. The van der Waals surface area contributed by atoms with E-state index in [4.69, 9.17) is 19.9 Å². The van der Waals surface area contributed by atoms with E-state index in [1.165, 1.54) is 89.5 Å². The first kappa shape index (κ1) is 112. The fourth-order valence-electron chi connectivity index (χ4n) is 14.7. The lowest BCUT2D eigenvalue weighted by atomic mass is 9.83. The van der Waals surface area contributed by atoms with Gasteiger partial charge in [-0.05, 0) is 140 Å². The predicted octanol–water partition coefficient (Wildman–Crippen LogP) is 6.27. The molecule has 6 aromatic rings. The zero-order valence-electron chi connectivity index (χ0n) is 78.2. The second-order valence-corrected chi connectivity index (χ2v) is 37.4. The summed E-state index contributed by atoms with van der Waals surface area (Å²) in [5, 5.41) is 63.7. The molecule has 19 N–H and O–H groups in total. The van der Waals surface area contributed by atoms with E-state index in [-0.39, 0.29) is 169 Å². The van der Waals surface area contributed by atoms with Gasteiger partial charge in [-0.25, -0.2) is 31.6 Å². The van der Waals surface area contributed by atoms with Gasteiger partial charge >= 0.3 is 30.0 Å². The molecular formula is C93H126F2N18O23S2. The van der Waals surface area contributed by atoms with Crippen molar-refractivity contribution in [3.05, 3.63) is 162 Å². The van der Waals surface area contributed by atoms with Gasteiger partial charge in [0, 0.05) is 129 Å². The molecular weight excluding hydrogens is 1840 g/mol. The smallest absolute Gasteiger partial charge is 0.319 e. The van der Waals surface area contributed by atoms with Crippen LogP contribution in [0.4, 0.5) is 45.9 Å². The van der Waals surface area contributed by atoms with Crippen LogP contribution in [0.5, 0.6) is 0 Å². The molecule has 0 spiro atoms. The SMILES string of the molecule is CCCNC(=O)Nc1cccc(S(=O)(=O)Nc2cccc([C@@H](CC(=O)O)NC(=O)Nc3ccc(NC(=O)NCCNC(=O)CNC(=O)CC(C)(CC(=O)O)SCNC(=O)CCCC(=O)NCCOCCOCCOCCC(=O)N[C@@H](CC(N)=O)C(=O)N4CCC[C@H]4C(=O)N[C@H](C(=O)NCCCN(C(=O)CO)[C@@H](c4cc(-c5cc(F)ccc5F)cn4Cc4ccccc4)C(C)(C)C)C(C)C)cc3)c2)c1. The van der Waals surface area contributed by atoms with Crippen molar-refractivity contribution in [2.45, 2.75) is 172 Å². The molecule has 2 heterocycles. The summed E-state index contributed by atoms with van der Waals surface area (Å²) < 4.78 is 76.3. The predicted molar refractivity (Wildman–Crippen MR) is 509 cm³/mol. The fraction of sp³-hybridized carbons (Fsp3) is 0.473. The monoisotopic (exact) mass is 1960 g/mol. The van der Waals surface area contributed by atoms with Gasteiger partial charge in [-0.15, -0.1) is 11.8 Å². The first-order valence-electron chi connectivity index (χ1n) is 45.1. The zero-order chi connectivity index (χ0) is 101. The number of amides is 16. The van der Waals surface area contributed by atoms with Crippen LogP contribution in [-0.2, 0) is 88.3 Å². The number of carboxylic acids is 2. The number of anilines is 4. The lowest BCUT2D eigenvalue weighted by molar-refractivity contribution is -0.143. The summed E-state index contributed by atoms with van der Waals surface area (Å²) in [5.74, 6) is -10.5. The second-order valence-electron chi connectivity index (χ2n) is 34.1. The standard InChI is InChI=1S/C93H126F2N18O23S2/c1-8-33-100-89(129)106-66-20-13-22-68(49-66)138(132,133)110-67-21-12-19-61(46-67)71(51-82(122)123)108-91(131)105-65-29-27-64(28-30-65)104-90(130)101-36-35-97-80(120)54-102-79(119)52-93(7,53-83(124)125)137-58-103-77(117)25-14-24-76(116)98-37-41-135-43-45-136-44-42-134-40-32-78(118)107-72(50-75(96)115)88(128)112-38-15-23-73(112)86(126)109-84(59(2)3)87(127)99-34-16-39-113(81(121)57-114)85(92(4,5)6)74-47-62(69-48-63(94)26-31-70(69)95)56-111(74)55-60-17-10-9-11-18-60/h9-13,17-22,26-31,46-49,56,59,71-73,84-85,110,114H,8,14-16,23-25,32-45,50-55,57-58H2,1-7H3,(H2,96,115)(H,97,120)(H,98,116)(H,99,127)(H,102,119)(H,103,117)(H,107,118)(H,109,126)(H,122,123)(H,124,125)(H2,100,106,129)(H2,101,104,130)(H2,105,108,131)/t71-,72+,73+,84+,85+,93?/m1/s1. The van der Waals surface area contributed by atoms with Gasteiger partial charge in [0.1, 0.15) is 36.4 Å². The second kappa shape index (κ2) is 56.4. The summed E-state index contributed by atoms with van der Waals surface area (Å²) >= 11 is 0.998. The Hall–Kier alpha value is -13.4. The molecule has 0 bridgehead atoms. The number of carbonyl (C=O) groups is 15. The van der Waals surface area contributed by atoms with Crippen LogP contribution >= 0.6 is 11.8 Å². The van der Waals surface area contributed by atoms with Crippen LogP contribution in [0.3, 0.4) is 0 Å². The first-order chi connectivity index (χ1) is 65.6. The molecule has 1 aromatic heterocycles. The van der Waals surface area contributed by atoms with E-state index in [2.05, 4.69) is 73.8 Å². The van der Waals surface area contributed by atoms with Crippen LogP contribution in [0.25, 0.3) is 11.1 Å². The van der Waals surface area contributed by atoms with Crippen LogP contribution in [0.2, 0.25) is 0 Å². The Morgan fingerprint density at radius 2 is 1.22 bits per heavy atom. The number of aliphatic hydroxyl groups is 1. The molecule has 1 aliphatic heterocycles. The van der Waals surface area contributed by atoms with Gasteiger partial charge in [0.25, 0.3) is 10.0 Å². The molecule has 138 heavy (non-hydrogen) atoms. The minimum atomic E-state index is -4.21.